The van der Waals surface area contributed by atoms with Crippen LogP contribution in [0.25, 0.3) is 0 Å². The lowest BCUT2D eigenvalue weighted by molar-refractivity contribution is -0.127. The Morgan fingerprint density at radius 2 is 1.91 bits per heavy atom. The van der Waals surface area contributed by atoms with Crippen molar-refractivity contribution in [3.05, 3.63) is 24.3 Å². The number of hydrogen-bond acceptors (Lipinski definition) is 5. The van der Waals surface area contributed by atoms with Crippen molar-refractivity contribution in [2.24, 2.45) is 0 Å². The molecule has 124 valence electrons. The van der Waals surface area contributed by atoms with Crippen molar-refractivity contribution in [2.45, 2.75) is 13.0 Å². The summed E-state index contributed by atoms with van der Waals surface area (Å²) in [7, 11) is -0.275. The summed E-state index contributed by atoms with van der Waals surface area (Å²) in [4.78, 5) is 11.7. The van der Waals surface area contributed by atoms with E-state index in [-0.39, 0.29) is 5.91 Å². The molecule has 22 heavy (non-hydrogen) atoms. The standard InChI is InChI=1S/C14H22N2O5S/c1-11(14(17)15-9-10-20-3)21-13-7-5-12(6-8-13)16(2)22(4,18)19/h5-8,11H,9-10H2,1-4H3,(H,15,17)/t11-/m1/s1. The first kappa shape index (κ1) is 18.2. The molecule has 8 heteroatoms. The molecule has 0 heterocycles. The fraction of sp³-hybridized carbons (Fsp3) is 0.500. The number of nitrogens with zero attached hydrogens (tertiary/aromatic N) is 1. The van der Waals surface area contributed by atoms with Crippen LogP contribution in [0.1, 0.15) is 6.92 Å². The first-order valence-corrected chi connectivity index (χ1v) is 8.58. The summed E-state index contributed by atoms with van der Waals surface area (Å²) in [6.07, 6.45) is 0.472. The fourth-order valence-corrected chi connectivity index (χ4v) is 2.11. The summed E-state index contributed by atoms with van der Waals surface area (Å²) in [6.45, 7) is 2.49. The maximum absolute atomic E-state index is 11.7. The molecule has 0 aromatic heterocycles. The van der Waals surface area contributed by atoms with E-state index in [0.717, 1.165) is 10.6 Å². The van der Waals surface area contributed by atoms with E-state index < -0.39 is 16.1 Å². The van der Waals surface area contributed by atoms with Gasteiger partial charge in [0.2, 0.25) is 10.0 Å². The smallest absolute Gasteiger partial charge is 0.260 e. The van der Waals surface area contributed by atoms with Crippen LogP contribution in [0.15, 0.2) is 24.3 Å². The number of benzene rings is 1. The molecule has 0 fully saturated rings. The van der Waals surface area contributed by atoms with Gasteiger partial charge in [-0.15, -0.1) is 0 Å². The van der Waals surface area contributed by atoms with Crippen molar-refractivity contribution in [1.29, 1.82) is 0 Å². The van der Waals surface area contributed by atoms with Gasteiger partial charge in [-0.2, -0.15) is 0 Å². The van der Waals surface area contributed by atoms with Gasteiger partial charge in [-0.3, -0.25) is 9.10 Å². The quantitative estimate of drug-likeness (QED) is 0.706. The van der Waals surface area contributed by atoms with Gasteiger partial charge in [0, 0.05) is 20.7 Å². The van der Waals surface area contributed by atoms with Gasteiger partial charge in [0.1, 0.15) is 5.75 Å². The van der Waals surface area contributed by atoms with Crippen molar-refractivity contribution in [1.82, 2.24) is 5.32 Å². The van der Waals surface area contributed by atoms with Crippen molar-refractivity contribution < 1.29 is 22.7 Å². The predicted molar refractivity (Wildman–Crippen MR) is 84.7 cm³/mol. The molecule has 0 saturated carbocycles. The summed E-state index contributed by atoms with van der Waals surface area (Å²) < 4.78 is 34.4. The molecule has 7 nitrogen and oxygen atoms in total. The normalized spacial score (nSPS) is 12.5. The number of methoxy groups -OCH3 is 1. The number of nitrogens with one attached hydrogen (secondary N) is 1. The Kier molecular flexibility index (Phi) is 6.63. The zero-order chi connectivity index (χ0) is 16.8. The average Bonchev–Trinajstić information content (AvgIpc) is 2.46. The molecule has 1 rings (SSSR count). The zero-order valence-corrected chi connectivity index (χ0v) is 14.0. The molecule has 0 bridgehead atoms. The van der Waals surface area contributed by atoms with Crippen LogP contribution in [-0.4, -0.2) is 54.0 Å². The number of carbonyl (C=O) groups excluding carboxylic acids is 1. The van der Waals surface area contributed by atoms with Gasteiger partial charge in [-0.25, -0.2) is 8.42 Å². The van der Waals surface area contributed by atoms with Gasteiger partial charge in [0.25, 0.3) is 5.91 Å². The first-order chi connectivity index (χ1) is 10.3. The Morgan fingerprint density at radius 3 is 2.41 bits per heavy atom. The molecule has 0 radical (unpaired) electrons. The second kappa shape index (κ2) is 8.00. The summed E-state index contributed by atoms with van der Waals surface area (Å²) in [5.41, 5.74) is 0.520. The van der Waals surface area contributed by atoms with E-state index in [0.29, 0.717) is 24.6 Å². The number of hydrogen-bond donors (Lipinski definition) is 1. The lowest BCUT2D eigenvalue weighted by Gasteiger charge is -2.18. The molecular formula is C14H22N2O5S. The molecule has 0 aliphatic rings. The third kappa shape index (κ3) is 5.53. The molecule has 1 atom stereocenters. The highest BCUT2D eigenvalue weighted by Crippen LogP contribution is 2.20. The van der Waals surface area contributed by atoms with Gasteiger partial charge < -0.3 is 14.8 Å². The lowest BCUT2D eigenvalue weighted by atomic mass is 10.3. The van der Waals surface area contributed by atoms with Crippen LogP contribution >= 0.6 is 0 Å². The molecule has 0 unspecified atom stereocenters. The Morgan fingerprint density at radius 1 is 1.32 bits per heavy atom. The monoisotopic (exact) mass is 330 g/mol. The van der Waals surface area contributed by atoms with E-state index in [4.69, 9.17) is 9.47 Å². The van der Waals surface area contributed by atoms with Crippen molar-refractivity contribution in [3.63, 3.8) is 0 Å². The van der Waals surface area contributed by atoms with Crippen molar-refractivity contribution in [3.8, 4) is 5.75 Å². The third-order valence-electron chi connectivity index (χ3n) is 2.99. The summed E-state index contributed by atoms with van der Waals surface area (Å²) in [6, 6.07) is 6.48. The fourth-order valence-electron chi connectivity index (χ4n) is 1.60. The highest BCUT2D eigenvalue weighted by Gasteiger charge is 2.15. The Labute approximate surface area is 131 Å². The van der Waals surface area contributed by atoms with Crippen molar-refractivity contribution >= 4 is 21.6 Å². The summed E-state index contributed by atoms with van der Waals surface area (Å²) in [5, 5.41) is 2.68. The van der Waals surface area contributed by atoms with Gasteiger partial charge >= 0.3 is 0 Å². The largest absolute Gasteiger partial charge is 0.481 e. The molecule has 1 aromatic rings. The molecule has 0 spiro atoms. The molecule has 0 aliphatic heterocycles. The van der Waals surface area contributed by atoms with E-state index in [1.165, 1.54) is 7.05 Å². The van der Waals surface area contributed by atoms with Crippen LogP contribution in [0.2, 0.25) is 0 Å². The number of amides is 1. The van der Waals surface area contributed by atoms with Gasteiger partial charge in [-0.05, 0) is 31.2 Å². The molecular weight excluding hydrogens is 308 g/mol. The second-order valence-electron chi connectivity index (χ2n) is 4.77. The van der Waals surface area contributed by atoms with Crippen LogP contribution in [0.3, 0.4) is 0 Å². The van der Waals surface area contributed by atoms with E-state index in [1.54, 1.807) is 38.3 Å². The highest BCUT2D eigenvalue weighted by molar-refractivity contribution is 7.92. The van der Waals surface area contributed by atoms with Gasteiger partial charge in [0.15, 0.2) is 6.10 Å². The van der Waals surface area contributed by atoms with Crippen LogP contribution in [-0.2, 0) is 19.6 Å². The lowest BCUT2D eigenvalue weighted by Crippen LogP contribution is -2.37. The van der Waals surface area contributed by atoms with E-state index in [1.807, 2.05) is 0 Å². The maximum Gasteiger partial charge on any atom is 0.260 e. The number of ether oxygens (including phenoxy) is 2. The maximum atomic E-state index is 11.7. The summed E-state index contributed by atoms with van der Waals surface area (Å²) in [5.74, 6) is 0.245. The minimum absolute atomic E-state index is 0.241. The molecule has 1 amide bonds. The Bertz CT molecular complexity index is 586. The Hall–Kier alpha value is -1.80. The molecule has 0 saturated heterocycles. The van der Waals surface area contributed by atoms with E-state index >= 15 is 0 Å². The van der Waals surface area contributed by atoms with Crippen LogP contribution in [0.5, 0.6) is 5.75 Å². The highest BCUT2D eigenvalue weighted by atomic mass is 32.2. The predicted octanol–water partition coefficient (Wildman–Crippen LogP) is 0.612. The summed E-state index contributed by atoms with van der Waals surface area (Å²) >= 11 is 0. The topological polar surface area (TPSA) is 84.9 Å². The number of carbonyl (C=O) groups is 1. The van der Waals surface area contributed by atoms with Gasteiger partial charge in [0.05, 0.1) is 18.6 Å². The van der Waals surface area contributed by atoms with Crippen LogP contribution in [0, 0.1) is 0 Å². The third-order valence-corrected chi connectivity index (χ3v) is 4.19. The van der Waals surface area contributed by atoms with Crippen LogP contribution < -0.4 is 14.4 Å². The average molecular weight is 330 g/mol. The molecule has 1 aromatic carbocycles. The minimum Gasteiger partial charge on any atom is -0.481 e. The SMILES string of the molecule is COCCNC(=O)[C@@H](C)Oc1ccc(N(C)S(C)(=O)=O)cc1. The van der Waals surface area contributed by atoms with Gasteiger partial charge in [-0.1, -0.05) is 0 Å². The Balaban J connectivity index is 2.62. The second-order valence-corrected chi connectivity index (χ2v) is 6.78. The van der Waals surface area contributed by atoms with Crippen LogP contribution in [0.4, 0.5) is 5.69 Å². The first-order valence-electron chi connectivity index (χ1n) is 6.73. The minimum atomic E-state index is -3.30. The van der Waals surface area contributed by atoms with E-state index in [2.05, 4.69) is 5.32 Å². The number of sulfonamides is 1. The zero-order valence-electron chi connectivity index (χ0n) is 13.2. The van der Waals surface area contributed by atoms with Crippen molar-refractivity contribution in [2.75, 3.05) is 37.9 Å². The molecule has 0 aliphatic carbocycles. The molecule has 1 N–H and O–H groups in total. The number of anilines is 1. The number of rotatable bonds is 8. The van der Waals surface area contributed by atoms with E-state index in [9.17, 15) is 13.2 Å².